The summed E-state index contributed by atoms with van der Waals surface area (Å²) in [5, 5.41) is 6.17. The fourth-order valence-electron chi connectivity index (χ4n) is 2.54. The van der Waals surface area contributed by atoms with Crippen molar-refractivity contribution < 1.29 is 9.59 Å². The Balaban J connectivity index is 1.81. The summed E-state index contributed by atoms with van der Waals surface area (Å²) in [6.45, 7) is 5.42. The van der Waals surface area contributed by atoms with Gasteiger partial charge in [-0.15, -0.1) is 0 Å². The average Bonchev–Trinajstić information content (AvgIpc) is 2.56. The van der Waals surface area contributed by atoms with Crippen LogP contribution in [-0.2, 0) is 9.59 Å². The van der Waals surface area contributed by atoms with Crippen LogP contribution in [0.3, 0.4) is 0 Å². The first kappa shape index (κ1) is 17.7. The Kier molecular flexibility index (Phi) is 6.38. The summed E-state index contributed by atoms with van der Waals surface area (Å²) in [4.78, 5) is 28.0. The van der Waals surface area contributed by atoms with Crippen LogP contribution in [-0.4, -0.2) is 67.4 Å². The molecule has 23 heavy (non-hydrogen) atoms. The summed E-state index contributed by atoms with van der Waals surface area (Å²) in [6.07, 6.45) is 0. The van der Waals surface area contributed by atoms with E-state index in [1.165, 1.54) is 0 Å². The van der Waals surface area contributed by atoms with Crippen molar-refractivity contribution in [2.75, 3.05) is 45.1 Å². The minimum absolute atomic E-state index is 0.0204. The van der Waals surface area contributed by atoms with Gasteiger partial charge in [-0.25, -0.2) is 0 Å². The number of halogens is 1. The highest BCUT2D eigenvalue weighted by Crippen LogP contribution is 2.15. The molecule has 1 aliphatic heterocycles. The Morgan fingerprint density at radius 3 is 2.35 bits per heavy atom. The zero-order valence-corrected chi connectivity index (χ0v) is 14.3. The molecule has 0 radical (unpaired) electrons. The lowest BCUT2D eigenvalue weighted by Gasteiger charge is -2.37. The molecule has 1 aliphatic rings. The molecule has 7 heteroatoms. The maximum Gasteiger partial charge on any atom is 0.241 e. The van der Waals surface area contributed by atoms with Crippen LogP contribution >= 0.6 is 11.6 Å². The van der Waals surface area contributed by atoms with Gasteiger partial charge in [-0.2, -0.15) is 0 Å². The van der Waals surface area contributed by atoms with Crippen LogP contribution < -0.4 is 10.6 Å². The van der Waals surface area contributed by atoms with Crippen molar-refractivity contribution >= 4 is 29.1 Å². The van der Waals surface area contributed by atoms with Crippen LogP contribution in [0.1, 0.15) is 6.92 Å². The number of piperazine rings is 1. The molecule has 126 valence electrons. The van der Waals surface area contributed by atoms with Gasteiger partial charge in [-0.3, -0.25) is 19.4 Å². The first-order valence-electron chi connectivity index (χ1n) is 7.73. The maximum atomic E-state index is 12.3. The summed E-state index contributed by atoms with van der Waals surface area (Å²) in [7, 11) is 1.64. The number of likely N-dealkylation sites (N-methyl/N-ethyl adjacent to an activating group) is 1. The molecule has 1 saturated heterocycles. The predicted molar refractivity (Wildman–Crippen MR) is 91.6 cm³/mol. The van der Waals surface area contributed by atoms with Crippen molar-refractivity contribution in [1.82, 2.24) is 15.1 Å². The van der Waals surface area contributed by atoms with Crippen molar-refractivity contribution in [3.63, 3.8) is 0 Å². The Bertz CT molecular complexity index is 542. The monoisotopic (exact) mass is 338 g/mol. The van der Waals surface area contributed by atoms with Gasteiger partial charge in [-0.05, 0) is 31.2 Å². The second-order valence-electron chi connectivity index (χ2n) is 5.66. The van der Waals surface area contributed by atoms with Gasteiger partial charge >= 0.3 is 0 Å². The Morgan fingerprint density at radius 2 is 1.78 bits per heavy atom. The number of nitrogens with zero attached hydrogens (tertiary/aromatic N) is 2. The van der Waals surface area contributed by atoms with Crippen LogP contribution in [0.25, 0.3) is 0 Å². The highest BCUT2D eigenvalue weighted by atomic mass is 35.5. The fourth-order valence-corrected chi connectivity index (χ4v) is 2.66. The summed E-state index contributed by atoms with van der Waals surface area (Å²) in [5.41, 5.74) is 0.740. The quantitative estimate of drug-likeness (QED) is 0.841. The molecule has 0 unspecified atom stereocenters. The number of anilines is 1. The SMILES string of the molecule is CNC(=O)CN1CCN([C@H](C)C(=O)Nc2ccc(Cl)cc2)CC1. The molecular weight excluding hydrogens is 316 g/mol. The van der Waals surface area contributed by atoms with Gasteiger partial charge in [-0.1, -0.05) is 11.6 Å². The molecule has 0 saturated carbocycles. The van der Waals surface area contributed by atoms with Crippen molar-refractivity contribution in [1.29, 1.82) is 0 Å². The van der Waals surface area contributed by atoms with E-state index in [2.05, 4.69) is 20.4 Å². The van der Waals surface area contributed by atoms with E-state index < -0.39 is 0 Å². The Hall–Kier alpha value is -1.63. The number of amides is 2. The molecule has 2 rings (SSSR count). The number of hydrogen-bond acceptors (Lipinski definition) is 4. The smallest absolute Gasteiger partial charge is 0.241 e. The number of carbonyl (C=O) groups excluding carboxylic acids is 2. The van der Waals surface area contributed by atoms with Crippen molar-refractivity contribution in [2.45, 2.75) is 13.0 Å². The second kappa shape index (κ2) is 8.29. The van der Waals surface area contributed by atoms with E-state index >= 15 is 0 Å². The van der Waals surface area contributed by atoms with E-state index in [-0.39, 0.29) is 17.9 Å². The van der Waals surface area contributed by atoms with Crippen LogP contribution in [0.15, 0.2) is 24.3 Å². The molecule has 1 fully saturated rings. The van der Waals surface area contributed by atoms with Crippen molar-refractivity contribution in [2.24, 2.45) is 0 Å². The third-order valence-electron chi connectivity index (χ3n) is 4.09. The van der Waals surface area contributed by atoms with Crippen LogP contribution in [0.5, 0.6) is 0 Å². The third kappa shape index (κ3) is 5.20. The zero-order valence-electron chi connectivity index (χ0n) is 13.5. The van der Waals surface area contributed by atoms with Crippen LogP contribution in [0.2, 0.25) is 5.02 Å². The van der Waals surface area contributed by atoms with E-state index in [0.717, 1.165) is 31.9 Å². The Labute approximate surface area is 141 Å². The standard InChI is InChI=1S/C16H23ClN4O2/c1-12(16(23)19-14-5-3-13(17)4-6-14)21-9-7-20(8-10-21)11-15(22)18-2/h3-6,12H,7-11H2,1-2H3,(H,18,22)(H,19,23)/t12-/m1/s1. The molecule has 1 aromatic rings. The molecule has 6 nitrogen and oxygen atoms in total. The van der Waals surface area contributed by atoms with Gasteiger partial charge in [0.05, 0.1) is 12.6 Å². The summed E-state index contributed by atoms with van der Waals surface area (Å²) >= 11 is 5.84. The van der Waals surface area contributed by atoms with Gasteiger partial charge in [0.1, 0.15) is 0 Å². The van der Waals surface area contributed by atoms with Gasteiger partial charge in [0.15, 0.2) is 0 Å². The molecular formula is C16H23ClN4O2. The Morgan fingerprint density at radius 1 is 1.17 bits per heavy atom. The molecule has 2 N–H and O–H groups in total. The number of benzene rings is 1. The molecule has 0 spiro atoms. The zero-order chi connectivity index (χ0) is 16.8. The lowest BCUT2D eigenvalue weighted by Crippen LogP contribution is -2.54. The number of carbonyl (C=O) groups is 2. The molecule has 1 atom stereocenters. The molecule has 0 aliphatic carbocycles. The van der Waals surface area contributed by atoms with Crippen molar-refractivity contribution in [3.05, 3.63) is 29.3 Å². The van der Waals surface area contributed by atoms with Crippen molar-refractivity contribution in [3.8, 4) is 0 Å². The van der Waals surface area contributed by atoms with E-state index in [0.29, 0.717) is 11.6 Å². The predicted octanol–water partition coefficient (Wildman–Crippen LogP) is 1.03. The first-order valence-corrected chi connectivity index (χ1v) is 8.11. The lowest BCUT2D eigenvalue weighted by molar-refractivity contribution is -0.124. The van der Waals surface area contributed by atoms with Crippen LogP contribution in [0.4, 0.5) is 5.69 Å². The molecule has 0 aromatic heterocycles. The number of rotatable bonds is 5. The van der Waals surface area contributed by atoms with E-state index in [1.807, 2.05) is 6.92 Å². The van der Waals surface area contributed by atoms with Gasteiger partial charge in [0, 0.05) is 43.9 Å². The highest BCUT2D eigenvalue weighted by molar-refractivity contribution is 6.30. The number of hydrogen-bond donors (Lipinski definition) is 2. The second-order valence-corrected chi connectivity index (χ2v) is 6.09. The molecule has 1 heterocycles. The normalized spacial score (nSPS) is 17.5. The van der Waals surface area contributed by atoms with Gasteiger partial charge < -0.3 is 10.6 Å². The van der Waals surface area contributed by atoms with E-state index in [1.54, 1.807) is 31.3 Å². The van der Waals surface area contributed by atoms with Crippen LogP contribution in [0, 0.1) is 0 Å². The topological polar surface area (TPSA) is 64.7 Å². The van der Waals surface area contributed by atoms with E-state index in [9.17, 15) is 9.59 Å². The molecule has 0 bridgehead atoms. The summed E-state index contributed by atoms with van der Waals surface area (Å²) in [6, 6.07) is 6.86. The summed E-state index contributed by atoms with van der Waals surface area (Å²) in [5.74, 6) is -0.0148. The minimum Gasteiger partial charge on any atom is -0.358 e. The lowest BCUT2D eigenvalue weighted by atomic mass is 10.2. The highest BCUT2D eigenvalue weighted by Gasteiger charge is 2.26. The minimum atomic E-state index is -0.215. The fraction of sp³-hybridized carbons (Fsp3) is 0.500. The first-order chi connectivity index (χ1) is 11.0. The molecule has 1 aromatic carbocycles. The summed E-state index contributed by atoms with van der Waals surface area (Å²) < 4.78 is 0. The number of nitrogens with one attached hydrogen (secondary N) is 2. The van der Waals surface area contributed by atoms with Gasteiger partial charge in [0.25, 0.3) is 0 Å². The molecule has 2 amide bonds. The largest absolute Gasteiger partial charge is 0.358 e. The van der Waals surface area contributed by atoms with E-state index in [4.69, 9.17) is 11.6 Å². The average molecular weight is 339 g/mol. The van der Waals surface area contributed by atoms with Gasteiger partial charge in [0.2, 0.25) is 11.8 Å². The third-order valence-corrected chi connectivity index (χ3v) is 4.34. The maximum absolute atomic E-state index is 12.3.